The summed E-state index contributed by atoms with van der Waals surface area (Å²) in [6.45, 7) is 4.56. The lowest BCUT2D eigenvalue weighted by molar-refractivity contribution is -0.133. The molecule has 1 saturated heterocycles. The second kappa shape index (κ2) is 10.3. The average molecular weight is 511 g/mol. The standard InChI is InChI=1S/C22H25BrClN3O4/c1-13-10-17(8-9-27(13)14(2)28)31-19-11-18(22(30-3)26-20(19)23)21(29)25-12-15-4-6-16(24)7-5-15/h4-7,11,13,17H,8-10,12H2,1-3H3,(H,25,29)/t13-,17-/m1/s1. The van der Waals surface area contributed by atoms with Gasteiger partial charge in [-0.3, -0.25) is 9.59 Å². The fourth-order valence-electron chi connectivity index (χ4n) is 3.62. The van der Waals surface area contributed by atoms with Crippen LogP contribution in [0.3, 0.4) is 0 Å². The van der Waals surface area contributed by atoms with E-state index in [1.165, 1.54) is 7.11 Å². The lowest BCUT2D eigenvalue weighted by Crippen LogP contribution is -2.46. The monoisotopic (exact) mass is 509 g/mol. The minimum Gasteiger partial charge on any atom is -0.487 e. The van der Waals surface area contributed by atoms with Gasteiger partial charge >= 0.3 is 0 Å². The molecule has 7 nitrogen and oxygen atoms in total. The van der Waals surface area contributed by atoms with Crippen molar-refractivity contribution in [2.75, 3.05) is 13.7 Å². The van der Waals surface area contributed by atoms with Gasteiger partial charge in [0.15, 0.2) is 10.4 Å². The Labute approximate surface area is 195 Å². The number of carbonyl (C=O) groups is 2. The van der Waals surface area contributed by atoms with Gasteiger partial charge in [0.2, 0.25) is 11.8 Å². The first-order valence-electron chi connectivity index (χ1n) is 9.99. The van der Waals surface area contributed by atoms with Crippen molar-refractivity contribution in [3.05, 3.63) is 51.1 Å². The molecule has 0 radical (unpaired) electrons. The van der Waals surface area contributed by atoms with E-state index in [0.29, 0.717) is 41.3 Å². The number of piperidine rings is 1. The van der Waals surface area contributed by atoms with Gasteiger partial charge in [0, 0.05) is 50.0 Å². The smallest absolute Gasteiger partial charge is 0.257 e. The number of amides is 2. The highest BCUT2D eigenvalue weighted by Crippen LogP contribution is 2.32. The number of likely N-dealkylation sites (tertiary alicyclic amines) is 1. The van der Waals surface area contributed by atoms with Crippen molar-refractivity contribution >= 4 is 39.3 Å². The molecule has 1 N–H and O–H groups in total. The Hall–Kier alpha value is -2.32. The number of hydrogen-bond acceptors (Lipinski definition) is 5. The van der Waals surface area contributed by atoms with Crippen LogP contribution in [0.5, 0.6) is 11.6 Å². The van der Waals surface area contributed by atoms with Gasteiger partial charge in [0.25, 0.3) is 5.91 Å². The number of hydrogen-bond donors (Lipinski definition) is 1. The van der Waals surface area contributed by atoms with Gasteiger partial charge in [0.05, 0.1) is 7.11 Å². The third-order valence-corrected chi connectivity index (χ3v) is 6.06. The summed E-state index contributed by atoms with van der Waals surface area (Å²) < 4.78 is 11.9. The van der Waals surface area contributed by atoms with Crippen LogP contribution in [0.1, 0.15) is 42.6 Å². The Morgan fingerprint density at radius 1 is 1.32 bits per heavy atom. The first kappa shape index (κ1) is 23.3. The topological polar surface area (TPSA) is 80.8 Å². The fraction of sp³-hybridized carbons (Fsp3) is 0.409. The number of aromatic nitrogens is 1. The number of halogens is 2. The highest BCUT2D eigenvalue weighted by Gasteiger charge is 2.29. The molecule has 1 aromatic carbocycles. The summed E-state index contributed by atoms with van der Waals surface area (Å²) in [6.07, 6.45) is 1.33. The molecule has 1 aromatic heterocycles. The zero-order chi connectivity index (χ0) is 22.5. The summed E-state index contributed by atoms with van der Waals surface area (Å²) in [6, 6.07) is 8.97. The molecule has 2 aromatic rings. The van der Waals surface area contributed by atoms with E-state index < -0.39 is 0 Å². The van der Waals surface area contributed by atoms with E-state index in [1.54, 1.807) is 25.1 Å². The predicted octanol–water partition coefficient (Wildman–Crippen LogP) is 4.21. The summed E-state index contributed by atoms with van der Waals surface area (Å²) >= 11 is 9.31. The third-order valence-electron chi connectivity index (χ3n) is 5.24. The largest absolute Gasteiger partial charge is 0.487 e. The zero-order valence-corrected chi connectivity index (χ0v) is 20.0. The Bertz CT molecular complexity index is 955. The van der Waals surface area contributed by atoms with Crippen LogP contribution in [0.15, 0.2) is 34.9 Å². The molecule has 1 aliphatic heterocycles. The van der Waals surface area contributed by atoms with Crippen LogP contribution in [0.4, 0.5) is 0 Å². The van der Waals surface area contributed by atoms with E-state index in [9.17, 15) is 9.59 Å². The van der Waals surface area contributed by atoms with Gasteiger partial charge in [-0.05, 0) is 40.5 Å². The molecule has 1 fully saturated rings. The lowest BCUT2D eigenvalue weighted by Gasteiger charge is -2.37. The fourth-order valence-corrected chi connectivity index (χ4v) is 4.12. The van der Waals surface area contributed by atoms with Gasteiger partial charge in [-0.2, -0.15) is 0 Å². The van der Waals surface area contributed by atoms with Crippen molar-refractivity contribution in [2.24, 2.45) is 0 Å². The van der Waals surface area contributed by atoms with Crippen LogP contribution >= 0.6 is 27.5 Å². The van der Waals surface area contributed by atoms with Crippen LogP contribution in [0, 0.1) is 0 Å². The summed E-state index contributed by atoms with van der Waals surface area (Å²) in [4.78, 5) is 30.7. The zero-order valence-electron chi connectivity index (χ0n) is 17.7. The van der Waals surface area contributed by atoms with E-state index in [2.05, 4.69) is 26.2 Å². The summed E-state index contributed by atoms with van der Waals surface area (Å²) in [7, 11) is 1.46. The summed E-state index contributed by atoms with van der Waals surface area (Å²) in [5.41, 5.74) is 1.20. The van der Waals surface area contributed by atoms with E-state index in [0.717, 1.165) is 5.56 Å². The van der Waals surface area contributed by atoms with Crippen LogP contribution in [-0.2, 0) is 11.3 Å². The van der Waals surface area contributed by atoms with Crippen LogP contribution < -0.4 is 14.8 Å². The van der Waals surface area contributed by atoms with E-state index in [4.69, 9.17) is 21.1 Å². The molecule has 0 aliphatic carbocycles. The van der Waals surface area contributed by atoms with Gasteiger partial charge in [0.1, 0.15) is 11.7 Å². The van der Waals surface area contributed by atoms with Gasteiger partial charge < -0.3 is 19.7 Å². The number of nitrogens with zero attached hydrogens (tertiary/aromatic N) is 2. The second-order valence-corrected chi connectivity index (χ2v) is 8.66. The maximum atomic E-state index is 12.8. The Morgan fingerprint density at radius 2 is 2.03 bits per heavy atom. The molecule has 2 atom stereocenters. The first-order chi connectivity index (χ1) is 14.8. The quantitative estimate of drug-likeness (QED) is 0.589. The lowest BCUT2D eigenvalue weighted by atomic mass is 10.0. The number of methoxy groups -OCH3 is 1. The molecule has 1 aliphatic rings. The van der Waals surface area contributed by atoms with Crippen molar-refractivity contribution in [3.63, 3.8) is 0 Å². The van der Waals surface area contributed by atoms with E-state index in [1.807, 2.05) is 24.0 Å². The molecule has 0 saturated carbocycles. The van der Waals surface area contributed by atoms with Crippen molar-refractivity contribution in [2.45, 2.75) is 45.4 Å². The minimum absolute atomic E-state index is 0.0675. The van der Waals surface area contributed by atoms with Crippen molar-refractivity contribution in [1.82, 2.24) is 15.2 Å². The first-order valence-corrected chi connectivity index (χ1v) is 11.2. The normalized spacial score (nSPS) is 18.4. The number of nitrogens with one attached hydrogen (secondary N) is 1. The maximum absolute atomic E-state index is 12.8. The predicted molar refractivity (Wildman–Crippen MR) is 122 cm³/mol. The third kappa shape index (κ3) is 5.89. The average Bonchev–Trinajstić information content (AvgIpc) is 2.74. The van der Waals surface area contributed by atoms with E-state index >= 15 is 0 Å². The second-order valence-electron chi connectivity index (χ2n) is 7.47. The molecule has 0 unspecified atom stereocenters. The maximum Gasteiger partial charge on any atom is 0.257 e. The highest BCUT2D eigenvalue weighted by atomic mass is 79.9. The molecular weight excluding hydrogens is 486 g/mol. The molecule has 31 heavy (non-hydrogen) atoms. The molecule has 2 amide bonds. The van der Waals surface area contributed by atoms with Crippen molar-refractivity contribution in [1.29, 1.82) is 0 Å². The van der Waals surface area contributed by atoms with Crippen LogP contribution in [0.2, 0.25) is 5.02 Å². The van der Waals surface area contributed by atoms with Gasteiger partial charge in [-0.15, -0.1) is 0 Å². The SMILES string of the molecule is COc1nc(Br)c(O[C@@H]2CCN(C(C)=O)[C@H](C)C2)cc1C(=O)NCc1ccc(Cl)cc1. The molecule has 0 bridgehead atoms. The van der Waals surface area contributed by atoms with Crippen LogP contribution in [0.25, 0.3) is 0 Å². The van der Waals surface area contributed by atoms with Crippen LogP contribution in [-0.4, -0.2) is 47.5 Å². The molecule has 166 valence electrons. The molecule has 0 spiro atoms. The highest BCUT2D eigenvalue weighted by molar-refractivity contribution is 9.10. The van der Waals surface area contributed by atoms with E-state index in [-0.39, 0.29) is 35.4 Å². The van der Waals surface area contributed by atoms with Gasteiger partial charge in [-0.25, -0.2) is 4.98 Å². The Balaban J connectivity index is 1.72. The van der Waals surface area contributed by atoms with Gasteiger partial charge in [-0.1, -0.05) is 23.7 Å². The summed E-state index contributed by atoms with van der Waals surface area (Å²) in [5, 5.41) is 3.51. The number of pyridine rings is 1. The van der Waals surface area contributed by atoms with Crippen molar-refractivity contribution < 1.29 is 19.1 Å². The Kier molecular flexibility index (Phi) is 7.78. The molecule has 2 heterocycles. The number of benzene rings is 1. The number of carbonyl (C=O) groups excluding carboxylic acids is 2. The molecular formula is C22H25BrClN3O4. The van der Waals surface area contributed by atoms with Crippen molar-refractivity contribution in [3.8, 4) is 11.6 Å². The number of rotatable bonds is 6. The molecule has 3 rings (SSSR count). The Morgan fingerprint density at radius 3 is 2.65 bits per heavy atom. The minimum atomic E-state index is -0.323. The summed E-state index contributed by atoms with van der Waals surface area (Å²) in [5.74, 6) is 0.410. The number of ether oxygens (including phenoxy) is 2. The molecule has 9 heteroatoms.